The summed E-state index contributed by atoms with van der Waals surface area (Å²) in [6.07, 6.45) is 3.13. The van der Waals surface area contributed by atoms with E-state index >= 15 is 0 Å². The molecule has 1 aliphatic carbocycles. The van der Waals surface area contributed by atoms with Crippen molar-refractivity contribution in [3.05, 3.63) is 70.0 Å². The summed E-state index contributed by atoms with van der Waals surface area (Å²) in [6, 6.07) is 16.0. The fraction of sp³-hybridized carbons (Fsp3) is 0.300. The van der Waals surface area contributed by atoms with Crippen molar-refractivity contribution in [3.8, 4) is 0 Å². The summed E-state index contributed by atoms with van der Waals surface area (Å²) in [4.78, 5) is 27.1. The maximum absolute atomic E-state index is 12.8. The van der Waals surface area contributed by atoms with Crippen molar-refractivity contribution in [3.63, 3.8) is 0 Å². The molecular weight excluding hydrogens is 332 g/mol. The van der Waals surface area contributed by atoms with Crippen LogP contribution in [0.1, 0.15) is 30.0 Å². The molecule has 3 aromatic rings. The van der Waals surface area contributed by atoms with Gasteiger partial charge in [-0.05, 0) is 42.5 Å². The number of fused-ring (bicyclic) bond motifs is 2. The topological polar surface area (TPSA) is 42.3 Å². The predicted octanol–water partition coefficient (Wildman–Crippen LogP) is 3.60. The van der Waals surface area contributed by atoms with Crippen LogP contribution in [-0.2, 0) is 17.8 Å². The van der Waals surface area contributed by atoms with Gasteiger partial charge in [-0.1, -0.05) is 47.9 Å². The molecule has 0 aliphatic heterocycles. The third-order valence-electron chi connectivity index (χ3n) is 5.03. The molecule has 1 amide bonds. The molecule has 1 unspecified atom stereocenters. The Balaban J connectivity index is 1.59. The van der Waals surface area contributed by atoms with Gasteiger partial charge in [0.05, 0.1) is 16.1 Å². The first-order chi connectivity index (χ1) is 12.1. The zero-order chi connectivity index (χ0) is 17.4. The molecule has 4 nitrogen and oxygen atoms in total. The summed E-state index contributed by atoms with van der Waals surface area (Å²) in [6.45, 7) is 0.105. The van der Waals surface area contributed by atoms with Gasteiger partial charge in [-0.3, -0.25) is 13.5 Å². The number of aromatic nitrogens is 1. The molecule has 25 heavy (non-hydrogen) atoms. The third-order valence-corrected chi connectivity index (χ3v) is 6.10. The lowest BCUT2D eigenvalue weighted by Gasteiger charge is -2.33. The van der Waals surface area contributed by atoms with E-state index < -0.39 is 0 Å². The third kappa shape index (κ3) is 2.89. The Morgan fingerprint density at radius 3 is 2.80 bits per heavy atom. The van der Waals surface area contributed by atoms with Crippen LogP contribution in [0.3, 0.4) is 0 Å². The summed E-state index contributed by atoms with van der Waals surface area (Å²) in [5, 5.41) is 0.686. The van der Waals surface area contributed by atoms with E-state index in [0.29, 0.717) is 5.39 Å². The van der Waals surface area contributed by atoms with E-state index in [0.717, 1.165) is 24.0 Å². The minimum Gasteiger partial charge on any atom is -0.337 e. The van der Waals surface area contributed by atoms with Crippen molar-refractivity contribution in [2.24, 2.45) is 0 Å². The maximum Gasteiger partial charge on any atom is 0.268 e. The molecule has 128 valence electrons. The highest BCUT2D eigenvalue weighted by Crippen LogP contribution is 2.33. The Labute approximate surface area is 150 Å². The Morgan fingerprint density at radius 2 is 1.96 bits per heavy atom. The fourth-order valence-corrected chi connectivity index (χ4v) is 4.65. The molecule has 0 fully saturated rings. The normalized spacial score (nSPS) is 16.6. The molecule has 4 rings (SSSR count). The van der Waals surface area contributed by atoms with E-state index in [2.05, 4.69) is 18.2 Å². The molecular formula is C20H20N2O2S. The van der Waals surface area contributed by atoms with Crippen molar-refractivity contribution < 1.29 is 4.79 Å². The number of amides is 1. The molecule has 0 N–H and O–H groups in total. The van der Waals surface area contributed by atoms with Crippen LogP contribution in [0.25, 0.3) is 10.1 Å². The van der Waals surface area contributed by atoms with Gasteiger partial charge in [0.25, 0.3) is 5.56 Å². The SMILES string of the molecule is CN(C(=O)Cn1sc2ccccc2c1=O)C1CCCc2ccccc21. The number of rotatable bonds is 3. The molecule has 1 atom stereocenters. The van der Waals surface area contributed by atoms with Crippen LogP contribution in [-0.4, -0.2) is 21.8 Å². The first-order valence-electron chi connectivity index (χ1n) is 8.57. The molecule has 0 spiro atoms. The van der Waals surface area contributed by atoms with Gasteiger partial charge in [-0.2, -0.15) is 0 Å². The van der Waals surface area contributed by atoms with Gasteiger partial charge in [0.15, 0.2) is 0 Å². The lowest BCUT2D eigenvalue weighted by atomic mass is 9.87. The minimum absolute atomic E-state index is 0.0182. The molecule has 1 heterocycles. The zero-order valence-electron chi connectivity index (χ0n) is 14.1. The predicted molar refractivity (Wildman–Crippen MR) is 101 cm³/mol. The van der Waals surface area contributed by atoms with Gasteiger partial charge in [-0.25, -0.2) is 0 Å². The van der Waals surface area contributed by atoms with E-state index in [1.807, 2.05) is 42.3 Å². The lowest BCUT2D eigenvalue weighted by molar-refractivity contribution is -0.132. The van der Waals surface area contributed by atoms with Gasteiger partial charge < -0.3 is 4.90 Å². The van der Waals surface area contributed by atoms with Crippen LogP contribution < -0.4 is 5.56 Å². The van der Waals surface area contributed by atoms with E-state index in [9.17, 15) is 9.59 Å². The lowest BCUT2D eigenvalue weighted by Crippen LogP contribution is -2.36. The highest BCUT2D eigenvalue weighted by molar-refractivity contribution is 7.13. The first-order valence-corrected chi connectivity index (χ1v) is 9.35. The van der Waals surface area contributed by atoms with Crippen molar-refractivity contribution in [2.75, 3.05) is 7.05 Å². The second-order valence-electron chi connectivity index (χ2n) is 6.54. The van der Waals surface area contributed by atoms with Crippen LogP contribution >= 0.6 is 11.5 Å². The molecule has 0 saturated carbocycles. The summed E-state index contributed by atoms with van der Waals surface area (Å²) in [5.74, 6) is -0.0182. The minimum atomic E-state index is -0.0774. The second kappa shape index (κ2) is 6.48. The van der Waals surface area contributed by atoms with Crippen molar-refractivity contribution >= 4 is 27.5 Å². The van der Waals surface area contributed by atoms with Crippen LogP contribution in [0.2, 0.25) is 0 Å². The Kier molecular flexibility index (Phi) is 4.17. The number of benzene rings is 2. The summed E-state index contributed by atoms with van der Waals surface area (Å²) < 4.78 is 2.49. The van der Waals surface area contributed by atoms with Crippen LogP contribution in [0.5, 0.6) is 0 Å². The molecule has 1 aliphatic rings. The molecule has 0 saturated heterocycles. The highest BCUT2D eigenvalue weighted by atomic mass is 32.1. The molecule has 5 heteroatoms. The number of hydrogen-bond acceptors (Lipinski definition) is 3. The van der Waals surface area contributed by atoms with Crippen LogP contribution in [0.15, 0.2) is 53.3 Å². The maximum atomic E-state index is 12.8. The standard InChI is InChI=1S/C20H20N2O2S/c1-21(17-11-6-8-14-7-2-3-9-15(14)17)19(23)13-22-20(24)16-10-4-5-12-18(16)25-22/h2-5,7,9-10,12,17H,6,8,11,13H2,1H3. The first kappa shape index (κ1) is 16.1. The summed E-state index contributed by atoms with van der Waals surface area (Å²) >= 11 is 1.36. The van der Waals surface area contributed by atoms with Crippen molar-refractivity contribution in [1.29, 1.82) is 0 Å². The Morgan fingerprint density at radius 1 is 1.20 bits per heavy atom. The van der Waals surface area contributed by atoms with E-state index in [-0.39, 0.29) is 24.1 Å². The van der Waals surface area contributed by atoms with E-state index in [1.54, 1.807) is 3.96 Å². The molecule has 0 bridgehead atoms. The number of hydrogen-bond donors (Lipinski definition) is 0. The summed E-state index contributed by atoms with van der Waals surface area (Å²) in [5.41, 5.74) is 2.50. The fourth-order valence-electron chi connectivity index (χ4n) is 3.66. The monoisotopic (exact) mass is 352 g/mol. The quantitative estimate of drug-likeness (QED) is 0.723. The van der Waals surface area contributed by atoms with Crippen molar-refractivity contribution in [1.82, 2.24) is 8.86 Å². The largest absolute Gasteiger partial charge is 0.337 e. The molecule has 2 aromatic carbocycles. The molecule has 1 aromatic heterocycles. The Hall–Kier alpha value is -2.40. The average Bonchev–Trinajstić information content (AvgIpc) is 2.96. The number of carbonyl (C=O) groups excluding carboxylic acids is 1. The second-order valence-corrected chi connectivity index (χ2v) is 7.60. The van der Waals surface area contributed by atoms with Gasteiger partial charge >= 0.3 is 0 Å². The average molecular weight is 352 g/mol. The van der Waals surface area contributed by atoms with Crippen LogP contribution in [0, 0.1) is 0 Å². The van der Waals surface area contributed by atoms with E-state index in [1.165, 1.54) is 22.7 Å². The van der Waals surface area contributed by atoms with Crippen LogP contribution in [0.4, 0.5) is 0 Å². The number of carbonyl (C=O) groups is 1. The number of likely N-dealkylation sites (N-methyl/N-ethyl adjacent to an activating group) is 1. The van der Waals surface area contributed by atoms with Gasteiger partial charge in [0.1, 0.15) is 6.54 Å². The van der Waals surface area contributed by atoms with Crippen molar-refractivity contribution in [2.45, 2.75) is 31.8 Å². The molecule has 0 radical (unpaired) electrons. The van der Waals surface area contributed by atoms with Gasteiger partial charge in [0, 0.05) is 7.05 Å². The number of nitrogens with zero attached hydrogens (tertiary/aromatic N) is 2. The van der Waals surface area contributed by atoms with Gasteiger partial charge in [0.2, 0.25) is 5.91 Å². The Bertz CT molecular complexity index is 989. The smallest absolute Gasteiger partial charge is 0.268 e. The van der Waals surface area contributed by atoms with Gasteiger partial charge in [-0.15, -0.1) is 0 Å². The highest BCUT2D eigenvalue weighted by Gasteiger charge is 2.27. The number of aryl methyl sites for hydroxylation is 1. The summed E-state index contributed by atoms with van der Waals surface area (Å²) in [7, 11) is 1.85. The zero-order valence-corrected chi connectivity index (χ0v) is 15.0. The van der Waals surface area contributed by atoms with E-state index in [4.69, 9.17) is 0 Å².